The first-order valence-corrected chi connectivity index (χ1v) is 6.26. The van der Waals surface area contributed by atoms with Crippen molar-refractivity contribution in [2.45, 2.75) is 13.3 Å². The summed E-state index contributed by atoms with van der Waals surface area (Å²) in [4.78, 5) is 10.5. The molecule has 0 rings (SSSR count). The van der Waals surface area contributed by atoms with Crippen LogP contribution in [-0.4, -0.2) is 43.3 Å². The fraction of sp³-hybridized carbons (Fsp3) is 0.889. The first kappa shape index (κ1) is 14.1. The van der Waals surface area contributed by atoms with Gasteiger partial charge in [-0.3, -0.25) is 4.79 Å². The standard InChI is InChI=1S/C9H18INO3/c1-9(12)11-4-6-14-8-7-13-5-2-3-10/h2-8H2,1H3,(H,11,12). The number of hydrogen-bond acceptors (Lipinski definition) is 3. The van der Waals surface area contributed by atoms with Crippen LogP contribution in [0.5, 0.6) is 0 Å². The molecule has 1 N–H and O–H groups in total. The van der Waals surface area contributed by atoms with Crippen molar-refractivity contribution in [3.8, 4) is 0 Å². The highest BCUT2D eigenvalue weighted by Gasteiger charge is 1.91. The highest BCUT2D eigenvalue weighted by Crippen LogP contribution is 1.89. The maximum atomic E-state index is 10.5. The van der Waals surface area contributed by atoms with E-state index in [0.717, 1.165) is 17.5 Å². The quantitative estimate of drug-likeness (QED) is 0.392. The number of rotatable bonds is 9. The molecule has 0 saturated carbocycles. The summed E-state index contributed by atoms with van der Waals surface area (Å²) in [5, 5.41) is 2.65. The van der Waals surface area contributed by atoms with Crippen molar-refractivity contribution in [1.29, 1.82) is 0 Å². The van der Waals surface area contributed by atoms with Gasteiger partial charge in [-0.05, 0) is 6.42 Å². The Labute approximate surface area is 98.9 Å². The average Bonchev–Trinajstić information content (AvgIpc) is 2.15. The number of hydrogen-bond donors (Lipinski definition) is 1. The molecule has 0 radical (unpaired) electrons. The van der Waals surface area contributed by atoms with Gasteiger partial charge in [0.15, 0.2) is 0 Å². The lowest BCUT2D eigenvalue weighted by atomic mass is 10.5. The van der Waals surface area contributed by atoms with Crippen LogP contribution < -0.4 is 5.32 Å². The van der Waals surface area contributed by atoms with Crippen LogP contribution in [0.2, 0.25) is 0 Å². The third-order valence-electron chi connectivity index (χ3n) is 1.41. The zero-order valence-corrected chi connectivity index (χ0v) is 10.7. The number of carbonyl (C=O) groups excluding carboxylic acids is 1. The molecule has 0 saturated heterocycles. The van der Waals surface area contributed by atoms with Gasteiger partial charge in [-0.15, -0.1) is 0 Å². The van der Waals surface area contributed by atoms with E-state index in [1.165, 1.54) is 6.92 Å². The van der Waals surface area contributed by atoms with Crippen LogP contribution in [0.4, 0.5) is 0 Å². The normalized spacial score (nSPS) is 10.1. The van der Waals surface area contributed by atoms with Crippen LogP contribution in [0.3, 0.4) is 0 Å². The highest BCUT2D eigenvalue weighted by molar-refractivity contribution is 14.1. The van der Waals surface area contributed by atoms with E-state index < -0.39 is 0 Å². The number of alkyl halides is 1. The maximum absolute atomic E-state index is 10.5. The Morgan fingerprint density at radius 1 is 1.21 bits per heavy atom. The largest absolute Gasteiger partial charge is 0.379 e. The van der Waals surface area contributed by atoms with E-state index >= 15 is 0 Å². The molecule has 0 aliphatic carbocycles. The molecule has 0 aromatic heterocycles. The van der Waals surface area contributed by atoms with Crippen molar-refractivity contribution in [2.24, 2.45) is 0 Å². The first-order valence-electron chi connectivity index (χ1n) is 4.73. The van der Waals surface area contributed by atoms with Gasteiger partial charge in [-0.1, -0.05) is 22.6 Å². The lowest BCUT2D eigenvalue weighted by molar-refractivity contribution is -0.119. The molecular weight excluding hydrogens is 297 g/mol. The molecule has 0 spiro atoms. The van der Waals surface area contributed by atoms with Crippen LogP contribution in [0.25, 0.3) is 0 Å². The molecule has 0 bridgehead atoms. The molecule has 0 aliphatic rings. The van der Waals surface area contributed by atoms with E-state index in [1.54, 1.807) is 0 Å². The maximum Gasteiger partial charge on any atom is 0.216 e. The van der Waals surface area contributed by atoms with Gasteiger partial charge in [0.25, 0.3) is 0 Å². The number of amides is 1. The van der Waals surface area contributed by atoms with Crippen LogP contribution in [0.15, 0.2) is 0 Å². The minimum Gasteiger partial charge on any atom is -0.379 e. The number of nitrogens with one attached hydrogen (secondary N) is 1. The molecule has 84 valence electrons. The topological polar surface area (TPSA) is 47.6 Å². The van der Waals surface area contributed by atoms with Crippen molar-refractivity contribution < 1.29 is 14.3 Å². The molecular formula is C9H18INO3. The molecule has 0 aromatic carbocycles. The minimum atomic E-state index is -0.0214. The summed E-state index contributed by atoms with van der Waals surface area (Å²) in [5.74, 6) is -0.0214. The fourth-order valence-electron chi connectivity index (χ4n) is 0.778. The summed E-state index contributed by atoms with van der Waals surface area (Å²) < 4.78 is 11.6. The number of ether oxygens (including phenoxy) is 2. The first-order chi connectivity index (χ1) is 6.77. The average molecular weight is 315 g/mol. The Kier molecular flexibility index (Phi) is 11.3. The monoisotopic (exact) mass is 315 g/mol. The summed E-state index contributed by atoms with van der Waals surface area (Å²) in [6.07, 6.45) is 1.09. The van der Waals surface area contributed by atoms with Crippen LogP contribution in [0, 0.1) is 0 Å². The van der Waals surface area contributed by atoms with Gasteiger partial charge in [0.05, 0.1) is 19.8 Å². The van der Waals surface area contributed by atoms with Crippen molar-refractivity contribution in [2.75, 3.05) is 37.4 Å². The van der Waals surface area contributed by atoms with Gasteiger partial charge in [0.1, 0.15) is 0 Å². The second-order valence-corrected chi connectivity index (χ2v) is 3.83. The Balaban J connectivity index is 2.88. The summed E-state index contributed by atoms with van der Waals surface area (Å²) in [6, 6.07) is 0. The highest BCUT2D eigenvalue weighted by atomic mass is 127. The van der Waals surface area contributed by atoms with Gasteiger partial charge in [-0.25, -0.2) is 0 Å². The van der Waals surface area contributed by atoms with Gasteiger partial charge >= 0.3 is 0 Å². The van der Waals surface area contributed by atoms with Gasteiger partial charge in [0, 0.05) is 24.5 Å². The van der Waals surface area contributed by atoms with E-state index in [4.69, 9.17) is 9.47 Å². The van der Waals surface area contributed by atoms with Gasteiger partial charge < -0.3 is 14.8 Å². The molecule has 5 heteroatoms. The van der Waals surface area contributed by atoms with E-state index in [9.17, 15) is 4.79 Å². The molecule has 0 unspecified atom stereocenters. The van der Waals surface area contributed by atoms with Crippen LogP contribution >= 0.6 is 22.6 Å². The molecule has 0 heterocycles. The third-order valence-corrected chi connectivity index (χ3v) is 2.18. The Bertz CT molecular complexity index is 144. The zero-order chi connectivity index (χ0) is 10.6. The zero-order valence-electron chi connectivity index (χ0n) is 8.55. The molecule has 0 atom stereocenters. The summed E-state index contributed by atoms with van der Waals surface area (Å²) in [7, 11) is 0. The Hall–Kier alpha value is 0.120. The smallest absolute Gasteiger partial charge is 0.216 e. The number of carbonyl (C=O) groups is 1. The lowest BCUT2D eigenvalue weighted by Crippen LogP contribution is -2.24. The predicted molar refractivity (Wildman–Crippen MR) is 63.8 cm³/mol. The van der Waals surface area contributed by atoms with E-state index in [0.29, 0.717) is 26.4 Å². The summed E-state index contributed by atoms with van der Waals surface area (Å²) in [5.41, 5.74) is 0. The third kappa shape index (κ3) is 12.1. The minimum absolute atomic E-state index is 0.0214. The van der Waals surface area contributed by atoms with Crippen molar-refractivity contribution in [1.82, 2.24) is 5.32 Å². The SMILES string of the molecule is CC(=O)NCCOCCOCCCI. The molecule has 14 heavy (non-hydrogen) atoms. The van der Waals surface area contributed by atoms with E-state index in [2.05, 4.69) is 27.9 Å². The van der Waals surface area contributed by atoms with Gasteiger partial charge in [-0.2, -0.15) is 0 Å². The van der Waals surface area contributed by atoms with E-state index in [-0.39, 0.29) is 5.91 Å². The van der Waals surface area contributed by atoms with Crippen LogP contribution in [-0.2, 0) is 14.3 Å². The van der Waals surface area contributed by atoms with Crippen molar-refractivity contribution >= 4 is 28.5 Å². The van der Waals surface area contributed by atoms with Crippen molar-refractivity contribution in [3.05, 3.63) is 0 Å². The summed E-state index contributed by atoms with van der Waals surface area (Å²) >= 11 is 2.32. The molecule has 1 amide bonds. The predicted octanol–water partition coefficient (Wildman–Crippen LogP) is 0.981. The summed E-state index contributed by atoms with van der Waals surface area (Å²) in [6.45, 7) is 4.65. The second-order valence-electron chi connectivity index (χ2n) is 2.75. The second kappa shape index (κ2) is 11.2. The van der Waals surface area contributed by atoms with Gasteiger partial charge in [0.2, 0.25) is 5.91 Å². The number of halogens is 1. The fourth-order valence-corrected chi connectivity index (χ4v) is 1.09. The molecule has 0 aliphatic heterocycles. The lowest BCUT2D eigenvalue weighted by Gasteiger charge is -2.05. The van der Waals surface area contributed by atoms with E-state index in [1.807, 2.05) is 0 Å². The van der Waals surface area contributed by atoms with Crippen LogP contribution in [0.1, 0.15) is 13.3 Å². The molecule has 0 fully saturated rings. The Morgan fingerprint density at radius 3 is 2.43 bits per heavy atom. The van der Waals surface area contributed by atoms with Crippen molar-refractivity contribution in [3.63, 3.8) is 0 Å². The molecule has 0 aromatic rings. The molecule has 4 nitrogen and oxygen atoms in total. The Morgan fingerprint density at radius 2 is 1.86 bits per heavy atom.